The van der Waals surface area contributed by atoms with E-state index in [4.69, 9.17) is 0 Å². The van der Waals surface area contributed by atoms with Crippen LogP contribution >= 0.6 is 11.3 Å². The highest BCUT2D eigenvalue weighted by Gasteiger charge is 2.20. The first-order valence-electron chi connectivity index (χ1n) is 8.67. The van der Waals surface area contributed by atoms with Gasteiger partial charge in [0.2, 0.25) is 0 Å². The molecule has 0 fully saturated rings. The third-order valence-electron chi connectivity index (χ3n) is 4.20. The number of carbonyl (C=O) groups is 1. The summed E-state index contributed by atoms with van der Waals surface area (Å²) in [5.74, 6) is 0.585. The molecule has 0 aliphatic heterocycles. The monoisotopic (exact) mass is 377 g/mol. The molecule has 4 rings (SSSR count). The standard InChI is InChI=1S/C20H19N5OS/c1-13(2)16-11-18(23-22-16)21-20(26)15-12-25(14-7-4-3-5-8-14)24-19(15)17-9-6-10-27-17/h3-13H,1-2H3,(H2,21,22,23,26). The average molecular weight is 377 g/mol. The minimum atomic E-state index is -0.234. The van der Waals surface area contributed by atoms with Crippen molar-refractivity contribution in [2.75, 3.05) is 5.32 Å². The van der Waals surface area contributed by atoms with Crippen molar-refractivity contribution in [3.8, 4) is 16.3 Å². The van der Waals surface area contributed by atoms with Crippen LogP contribution in [0.2, 0.25) is 0 Å². The SMILES string of the molecule is CC(C)c1cc(NC(=O)c2cn(-c3ccccc3)nc2-c2cccs2)n[nH]1. The van der Waals surface area contributed by atoms with Gasteiger partial charge in [0.05, 0.1) is 16.1 Å². The molecule has 6 nitrogen and oxygen atoms in total. The Kier molecular flexibility index (Phi) is 4.60. The van der Waals surface area contributed by atoms with Crippen LogP contribution in [0.1, 0.15) is 35.8 Å². The van der Waals surface area contributed by atoms with Gasteiger partial charge in [0.15, 0.2) is 5.82 Å². The lowest BCUT2D eigenvalue weighted by Crippen LogP contribution is -2.12. The zero-order chi connectivity index (χ0) is 18.8. The molecular weight excluding hydrogens is 358 g/mol. The van der Waals surface area contributed by atoms with Crippen LogP contribution in [0, 0.1) is 0 Å². The number of nitrogens with zero attached hydrogens (tertiary/aromatic N) is 3. The van der Waals surface area contributed by atoms with E-state index in [1.807, 2.05) is 53.9 Å². The summed E-state index contributed by atoms with van der Waals surface area (Å²) in [6.07, 6.45) is 1.76. The van der Waals surface area contributed by atoms with E-state index in [9.17, 15) is 4.79 Å². The van der Waals surface area contributed by atoms with Crippen LogP contribution in [-0.4, -0.2) is 25.9 Å². The first-order valence-corrected chi connectivity index (χ1v) is 9.55. The summed E-state index contributed by atoms with van der Waals surface area (Å²) >= 11 is 1.55. The van der Waals surface area contributed by atoms with E-state index in [1.54, 1.807) is 22.2 Å². The number of rotatable bonds is 5. The Balaban J connectivity index is 1.69. The molecule has 136 valence electrons. The van der Waals surface area contributed by atoms with Gasteiger partial charge in [-0.3, -0.25) is 9.89 Å². The minimum Gasteiger partial charge on any atom is -0.305 e. The van der Waals surface area contributed by atoms with Gasteiger partial charge in [0.25, 0.3) is 5.91 Å². The van der Waals surface area contributed by atoms with E-state index < -0.39 is 0 Å². The molecule has 0 aliphatic carbocycles. The van der Waals surface area contributed by atoms with Crippen LogP contribution in [0.25, 0.3) is 16.3 Å². The molecule has 2 N–H and O–H groups in total. The molecular formula is C20H19N5OS. The molecule has 0 atom stereocenters. The maximum Gasteiger partial charge on any atom is 0.260 e. The van der Waals surface area contributed by atoms with E-state index in [-0.39, 0.29) is 5.91 Å². The Hall–Kier alpha value is -3.19. The van der Waals surface area contributed by atoms with Crippen LogP contribution in [0.3, 0.4) is 0 Å². The number of carbonyl (C=O) groups excluding carboxylic acids is 1. The normalized spacial score (nSPS) is 11.1. The van der Waals surface area contributed by atoms with E-state index >= 15 is 0 Å². The van der Waals surface area contributed by atoms with Crippen LogP contribution in [0.5, 0.6) is 0 Å². The van der Waals surface area contributed by atoms with Crippen molar-refractivity contribution in [3.05, 3.63) is 71.4 Å². The summed E-state index contributed by atoms with van der Waals surface area (Å²) < 4.78 is 1.73. The number of hydrogen-bond donors (Lipinski definition) is 2. The van der Waals surface area contributed by atoms with Gasteiger partial charge in [0.1, 0.15) is 5.69 Å². The van der Waals surface area contributed by atoms with E-state index in [0.29, 0.717) is 23.0 Å². The lowest BCUT2D eigenvalue weighted by Gasteiger charge is -2.01. The predicted octanol–water partition coefficient (Wildman–Crippen LogP) is 4.70. The van der Waals surface area contributed by atoms with Crippen molar-refractivity contribution in [3.63, 3.8) is 0 Å². The Morgan fingerprint density at radius 1 is 1.19 bits per heavy atom. The fraction of sp³-hybridized carbons (Fsp3) is 0.150. The summed E-state index contributed by atoms with van der Waals surface area (Å²) in [4.78, 5) is 13.9. The van der Waals surface area contributed by atoms with E-state index in [0.717, 1.165) is 16.3 Å². The second kappa shape index (κ2) is 7.20. The summed E-state index contributed by atoms with van der Waals surface area (Å²) in [6, 6.07) is 15.5. The van der Waals surface area contributed by atoms with Gasteiger partial charge < -0.3 is 5.32 Å². The van der Waals surface area contributed by atoms with Crippen molar-refractivity contribution in [2.24, 2.45) is 0 Å². The maximum absolute atomic E-state index is 12.9. The molecule has 4 aromatic rings. The van der Waals surface area contributed by atoms with Crippen molar-refractivity contribution in [2.45, 2.75) is 19.8 Å². The summed E-state index contributed by atoms with van der Waals surface area (Å²) in [5.41, 5.74) is 3.04. The number of aromatic amines is 1. The Bertz CT molecular complexity index is 1050. The largest absolute Gasteiger partial charge is 0.305 e. The van der Waals surface area contributed by atoms with Gasteiger partial charge in [-0.2, -0.15) is 10.2 Å². The van der Waals surface area contributed by atoms with E-state index in [1.165, 1.54) is 0 Å². The quantitative estimate of drug-likeness (QED) is 0.529. The smallest absolute Gasteiger partial charge is 0.260 e. The number of para-hydroxylation sites is 1. The molecule has 0 spiro atoms. The number of benzene rings is 1. The maximum atomic E-state index is 12.9. The number of H-pyrrole nitrogens is 1. The number of anilines is 1. The average Bonchev–Trinajstić information content (AvgIpc) is 3.42. The number of amides is 1. The first-order chi connectivity index (χ1) is 13.1. The van der Waals surface area contributed by atoms with Crippen molar-refractivity contribution >= 4 is 23.1 Å². The highest BCUT2D eigenvalue weighted by molar-refractivity contribution is 7.13. The molecule has 3 aromatic heterocycles. The van der Waals surface area contributed by atoms with Crippen LogP contribution in [-0.2, 0) is 0 Å². The molecule has 1 aromatic carbocycles. The minimum absolute atomic E-state index is 0.234. The van der Waals surface area contributed by atoms with Gasteiger partial charge in [-0.1, -0.05) is 38.1 Å². The molecule has 0 saturated carbocycles. The zero-order valence-electron chi connectivity index (χ0n) is 15.0. The van der Waals surface area contributed by atoms with Crippen molar-refractivity contribution in [1.82, 2.24) is 20.0 Å². The molecule has 0 radical (unpaired) electrons. The predicted molar refractivity (Wildman–Crippen MR) is 108 cm³/mol. The Morgan fingerprint density at radius 2 is 2.00 bits per heavy atom. The number of hydrogen-bond acceptors (Lipinski definition) is 4. The first kappa shape index (κ1) is 17.2. The molecule has 0 bridgehead atoms. The topological polar surface area (TPSA) is 75.6 Å². The lowest BCUT2D eigenvalue weighted by atomic mass is 10.1. The summed E-state index contributed by atoms with van der Waals surface area (Å²) in [6.45, 7) is 4.13. The van der Waals surface area contributed by atoms with Crippen LogP contribution in [0.4, 0.5) is 5.82 Å². The molecule has 3 heterocycles. The summed E-state index contributed by atoms with van der Waals surface area (Å²) in [7, 11) is 0. The molecule has 0 saturated heterocycles. The van der Waals surface area contributed by atoms with Gasteiger partial charge >= 0.3 is 0 Å². The van der Waals surface area contributed by atoms with Crippen molar-refractivity contribution < 1.29 is 4.79 Å². The Labute approximate surface area is 160 Å². The van der Waals surface area contributed by atoms with Crippen LogP contribution < -0.4 is 5.32 Å². The van der Waals surface area contributed by atoms with E-state index in [2.05, 4.69) is 34.5 Å². The number of nitrogens with one attached hydrogen (secondary N) is 2. The fourth-order valence-electron chi connectivity index (χ4n) is 2.73. The van der Waals surface area contributed by atoms with Gasteiger partial charge in [-0.05, 0) is 29.5 Å². The fourth-order valence-corrected chi connectivity index (χ4v) is 3.45. The van der Waals surface area contributed by atoms with Crippen LogP contribution in [0.15, 0.2) is 60.1 Å². The number of thiophene rings is 1. The molecule has 0 unspecified atom stereocenters. The van der Waals surface area contributed by atoms with Gasteiger partial charge in [0, 0.05) is 18.0 Å². The summed E-state index contributed by atoms with van der Waals surface area (Å²) in [5, 5.41) is 16.6. The highest BCUT2D eigenvalue weighted by Crippen LogP contribution is 2.28. The molecule has 1 amide bonds. The molecule has 27 heavy (non-hydrogen) atoms. The highest BCUT2D eigenvalue weighted by atomic mass is 32.1. The Morgan fingerprint density at radius 3 is 2.67 bits per heavy atom. The third-order valence-corrected chi connectivity index (χ3v) is 5.07. The zero-order valence-corrected chi connectivity index (χ0v) is 15.8. The van der Waals surface area contributed by atoms with Gasteiger partial charge in [-0.25, -0.2) is 4.68 Å². The lowest BCUT2D eigenvalue weighted by molar-refractivity contribution is 0.102. The van der Waals surface area contributed by atoms with Gasteiger partial charge in [-0.15, -0.1) is 11.3 Å². The second-order valence-corrected chi connectivity index (χ2v) is 7.41. The molecule has 7 heteroatoms. The second-order valence-electron chi connectivity index (χ2n) is 6.47. The molecule has 0 aliphatic rings. The van der Waals surface area contributed by atoms with Crippen molar-refractivity contribution in [1.29, 1.82) is 0 Å². The number of aromatic nitrogens is 4. The third kappa shape index (κ3) is 3.54.